The van der Waals surface area contributed by atoms with E-state index >= 15 is 0 Å². The summed E-state index contributed by atoms with van der Waals surface area (Å²) in [5.41, 5.74) is 2.71. The fourth-order valence-electron chi connectivity index (χ4n) is 2.20. The Morgan fingerprint density at radius 1 is 1.21 bits per heavy atom. The van der Waals surface area contributed by atoms with E-state index in [2.05, 4.69) is 9.97 Å². The topological polar surface area (TPSA) is 64.2 Å². The van der Waals surface area contributed by atoms with Gasteiger partial charge in [-0.15, -0.1) is 0 Å². The van der Waals surface area contributed by atoms with Gasteiger partial charge in [0.15, 0.2) is 5.16 Å². The molecule has 1 N–H and O–H groups in total. The molecule has 0 atom stereocenters. The van der Waals surface area contributed by atoms with E-state index in [1.165, 1.54) is 11.8 Å². The van der Waals surface area contributed by atoms with Gasteiger partial charge in [0.2, 0.25) is 0 Å². The number of carbonyl (C=O) groups is 1. The molecule has 0 radical (unpaired) electrons. The SMILES string of the molecule is CCOc1ccc2nc(SCC(=O)OCc3ccccc3)[nH]c2c1. The van der Waals surface area contributed by atoms with E-state index in [0.29, 0.717) is 11.8 Å². The maximum absolute atomic E-state index is 11.8. The zero-order chi connectivity index (χ0) is 16.8. The van der Waals surface area contributed by atoms with Crippen LogP contribution in [-0.2, 0) is 16.1 Å². The fraction of sp³-hybridized carbons (Fsp3) is 0.222. The number of aromatic nitrogens is 2. The molecule has 1 heterocycles. The third kappa shape index (κ3) is 4.29. The molecule has 3 rings (SSSR count). The Labute approximate surface area is 144 Å². The number of nitrogens with one attached hydrogen (secondary N) is 1. The second kappa shape index (κ2) is 7.88. The number of imidazole rings is 1. The van der Waals surface area contributed by atoms with Gasteiger partial charge in [-0.3, -0.25) is 4.79 Å². The van der Waals surface area contributed by atoms with Crippen LogP contribution in [0.2, 0.25) is 0 Å². The summed E-state index contributed by atoms with van der Waals surface area (Å²) < 4.78 is 10.7. The average Bonchev–Trinajstić information content (AvgIpc) is 3.01. The minimum Gasteiger partial charge on any atom is -0.494 e. The molecule has 124 valence electrons. The lowest BCUT2D eigenvalue weighted by molar-refractivity contribution is -0.141. The monoisotopic (exact) mass is 342 g/mol. The number of fused-ring (bicyclic) bond motifs is 1. The van der Waals surface area contributed by atoms with Crippen molar-refractivity contribution in [2.75, 3.05) is 12.4 Å². The Balaban J connectivity index is 1.54. The minimum absolute atomic E-state index is 0.213. The predicted molar refractivity (Wildman–Crippen MR) is 94.2 cm³/mol. The number of hydrogen-bond donors (Lipinski definition) is 1. The first-order valence-corrected chi connectivity index (χ1v) is 8.68. The largest absolute Gasteiger partial charge is 0.494 e. The highest BCUT2D eigenvalue weighted by molar-refractivity contribution is 7.99. The lowest BCUT2D eigenvalue weighted by atomic mass is 10.2. The molecule has 0 saturated carbocycles. The third-order valence-electron chi connectivity index (χ3n) is 3.31. The van der Waals surface area contributed by atoms with Gasteiger partial charge in [-0.05, 0) is 24.6 Å². The van der Waals surface area contributed by atoms with Crippen molar-refractivity contribution in [3.05, 3.63) is 54.1 Å². The predicted octanol–water partition coefficient (Wildman–Crippen LogP) is 3.80. The van der Waals surface area contributed by atoms with E-state index in [1.54, 1.807) is 0 Å². The van der Waals surface area contributed by atoms with E-state index in [-0.39, 0.29) is 18.3 Å². The molecule has 0 fully saturated rings. The quantitative estimate of drug-likeness (QED) is 0.523. The van der Waals surface area contributed by atoms with Crippen LogP contribution in [0, 0.1) is 0 Å². The summed E-state index contributed by atoms with van der Waals surface area (Å²) >= 11 is 1.33. The molecule has 6 heteroatoms. The van der Waals surface area contributed by atoms with E-state index in [0.717, 1.165) is 22.3 Å². The highest BCUT2D eigenvalue weighted by Crippen LogP contribution is 2.23. The van der Waals surface area contributed by atoms with E-state index in [4.69, 9.17) is 9.47 Å². The molecule has 0 bridgehead atoms. The highest BCUT2D eigenvalue weighted by atomic mass is 32.2. The molecule has 24 heavy (non-hydrogen) atoms. The Morgan fingerprint density at radius 2 is 2.04 bits per heavy atom. The molecule has 0 saturated heterocycles. The van der Waals surface area contributed by atoms with Crippen LogP contribution in [0.5, 0.6) is 5.75 Å². The lowest BCUT2D eigenvalue weighted by Gasteiger charge is -2.03. The summed E-state index contributed by atoms with van der Waals surface area (Å²) in [7, 11) is 0. The van der Waals surface area contributed by atoms with Crippen molar-refractivity contribution >= 4 is 28.8 Å². The van der Waals surface area contributed by atoms with Gasteiger partial charge in [0, 0.05) is 6.07 Å². The van der Waals surface area contributed by atoms with E-state index < -0.39 is 0 Å². The standard InChI is InChI=1S/C18H18N2O3S/c1-2-22-14-8-9-15-16(10-14)20-18(19-15)24-12-17(21)23-11-13-6-4-3-5-7-13/h3-10H,2,11-12H2,1H3,(H,19,20). The first kappa shape index (κ1) is 16.4. The van der Waals surface area contributed by atoms with Crippen molar-refractivity contribution in [2.24, 2.45) is 0 Å². The summed E-state index contributed by atoms with van der Waals surface area (Å²) in [5, 5.41) is 0.690. The van der Waals surface area contributed by atoms with Gasteiger partial charge in [-0.1, -0.05) is 42.1 Å². The maximum Gasteiger partial charge on any atom is 0.316 e. The zero-order valence-corrected chi connectivity index (χ0v) is 14.1. The molecular formula is C18H18N2O3S. The van der Waals surface area contributed by atoms with Crippen molar-refractivity contribution in [2.45, 2.75) is 18.7 Å². The number of nitrogens with zero attached hydrogens (tertiary/aromatic N) is 1. The van der Waals surface area contributed by atoms with Gasteiger partial charge in [0.1, 0.15) is 12.4 Å². The molecule has 1 aromatic heterocycles. The Bertz CT molecular complexity index is 818. The van der Waals surface area contributed by atoms with E-state index in [1.807, 2.05) is 55.5 Å². The van der Waals surface area contributed by atoms with Gasteiger partial charge in [-0.2, -0.15) is 0 Å². The molecular weight excluding hydrogens is 324 g/mol. The number of hydrogen-bond acceptors (Lipinski definition) is 5. The van der Waals surface area contributed by atoms with Gasteiger partial charge >= 0.3 is 5.97 Å². The Hall–Kier alpha value is -2.47. The van der Waals surface area contributed by atoms with E-state index in [9.17, 15) is 4.79 Å². The van der Waals surface area contributed by atoms with Crippen LogP contribution in [0.1, 0.15) is 12.5 Å². The van der Waals surface area contributed by atoms with Gasteiger partial charge < -0.3 is 14.5 Å². The molecule has 5 nitrogen and oxygen atoms in total. The van der Waals surface area contributed by atoms with Crippen LogP contribution < -0.4 is 4.74 Å². The van der Waals surface area contributed by atoms with Crippen LogP contribution in [0.15, 0.2) is 53.7 Å². The Kier molecular flexibility index (Phi) is 5.38. The Morgan fingerprint density at radius 3 is 2.83 bits per heavy atom. The number of thioether (sulfide) groups is 1. The fourth-order valence-corrected chi connectivity index (χ4v) is 2.88. The van der Waals surface area contributed by atoms with Gasteiger partial charge in [-0.25, -0.2) is 4.98 Å². The summed E-state index contributed by atoms with van der Waals surface area (Å²) in [5.74, 6) is 0.747. The summed E-state index contributed by atoms with van der Waals surface area (Å²) in [6, 6.07) is 15.3. The molecule has 0 aliphatic heterocycles. The van der Waals surface area contributed by atoms with Crippen LogP contribution in [-0.4, -0.2) is 28.3 Å². The van der Waals surface area contributed by atoms with Crippen molar-refractivity contribution in [3.8, 4) is 5.75 Å². The smallest absolute Gasteiger partial charge is 0.316 e. The number of rotatable bonds is 7. The van der Waals surface area contributed by atoms with Crippen LogP contribution in [0.4, 0.5) is 0 Å². The van der Waals surface area contributed by atoms with Crippen molar-refractivity contribution in [3.63, 3.8) is 0 Å². The number of esters is 1. The first-order chi connectivity index (χ1) is 11.7. The molecule has 0 unspecified atom stereocenters. The summed E-state index contributed by atoms with van der Waals surface area (Å²) in [6.07, 6.45) is 0. The molecule has 0 aliphatic carbocycles. The number of ether oxygens (including phenoxy) is 2. The average molecular weight is 342 g/mol. The summed E-state index contributed by atoms with van der Waals surface area (Å²) in [4.78, 5) is 19.5. The number of benzene rings is 2. The molecule has 0 amide bonds. The molecule has 0 aliphatic rings. The van der Waals surface area contributed by atoms with Crippen LogP contribution in [0.25, 0.3) is 11.0 Å². The molecule has 0 spiro atoms. The van der Waals surface area contributed by atoms with Gasteiger partial charge in [0.05, 0.1) is 23.4 Å². The second-order valence-electron chi connectivity index (χ2n) is 5.09. The third-order valence-corrected chi connectivity index (χ3v) is 4.16. The number of aromatic amines is 1. The van der Waals surface area contributed by atoms with Crippen molar-refractivity contribution in [1.29, 1.82) is 0 Å². The lowest BCUT2D eigenvalue weighted by Crippen LogP contribution is -2.07. The number of H-pyrrole nitrogens is 1. The number of carbonyl (C=O) groups excluding carboxylic acids is 1. The van der Waals surface area contributed by atoms with Gasteiger partial charge in [0.25, 0.3) is 0 Å². The first-order valence-electron chi connectivity index (χ1n) is 7.69. The second-order valence-corrected chi connectivity index (χ2v) is 6.05. The van der Waals surface area contributed by atoms with Crippen molar-refractivity contribution in [1.82, 2.24) is 9.97 Å². The minimum atomic E-state index is -0.265. The molecule has 2 aromatic carbocycles. The van der Waals surface area contributed by atoms with Crippen molar-refractivity contribution < 1.29 is 14.3 Å². The highest BCUT2D eigenvalue weighted by Gasteiger charge is 2.09. The summed E-state index contributed by atoms with van der Waals surface area (Å²) in [6.45, 7) is 2.85. The molecule has 3 aromatic rings. The zero-order valence-electron chi connectivity index (χ0n) is 13.3. The van der Waals surface area contributed by atoms with Crippen LogP contribution in [0.3, 0.4) is 0 Å². The van der Waals surface area contributed by atoms with Crippen LogP contribution >= 0.6 is 11.8 Å². The maximum atomic E-state index is 11.8. The normalized spacial score (nSPS) is 10.7.